The van der Waals surface area contributed by atoms with Gasteiger partial charge in [0.2, 0.25) is 0 Å². The molecule has 1 N–H and O–H groups in total. The minimum atomic E-state index is -0.711. The predicted octanol–water partition coefficient (Wildman–Crippen LogP) is 3.40. The quantitative estimate of drug-likeness (QED) is 0.676. The zero-order valence-electron chi connectivity index (χ0n) is 11.0. The summed E-state index contributed by atoms with van der Waals surface area (Å²) in [5.41, 5.74) is -0.0296. The molecule has 0 saturated heterocycles. The SMILES string of the molecule is CNc1ccc(Cl)c(COc2ccc(F)cc2[N+](=O)[O-])n1. The molecule has 1 aromatic heterocycles. The van der Waals surface area contributed by atoms with Crippen molar-refractivity contribution in [3.8, 4) is 5.75 Å². The Morgan fingerprint density at radius 1 is 1.43 bits per heavy atom. The molecule has 0 radical (unpaired) electrons. The molecule has 2 rings (SSSR count). The Morgan fingerprint density at radius 3 is 2.86 bits per heavy atom. The summed E-state index contributed by atoms with van der Waals surface area (Å²) in [6.45, 7) is -0.0686. The molecule has 0 amide bonds. The van der Waals surface area contributed by atoms with Crippen LogP contribution in [-0.4, -0.2) is 17.0 Å². The first-order valence-corrected chi connectivity index (χ1v) is 6.29. The van der Waals surface area contributed by atoms with Crippen LogP contribution >= 0.6 is 11.6 Å². The van der Waals surface area contributed by atoms with E-state index in [2.05, 4.69) is 10.3 Å². The van der Waals surface area contributed by atoms with Gasteiger partial charge in [-0.3, -0.25) is 10.1 Å². The van der Waals surface area contributed by atoms with Crippen LogP contribution in [0.15, 0.2) is 30.3 Å². The largest absolute Gasteiger partial charge is 0.480 e. The van der Waals surface area contributed by atoms with E-state index in [1.54, 1.807) is 19.2 Å². The number of hydrogen-bond acceptors (Lipinski definition) is 5. The predicted molar refractivity (Wildman–Crippen MR) is 76.2 cm³/mol. The average Bonchev–Trinajstić information content (AvgIpc) is 2.47. The molecule has 6 nitrogen and oxygen atoms in total. The van der Waals surface area contributed by atoms with Crippen molar-refractivity contribution in [2.45, 2.75) is 6.61 Å². The second kappa shape index (κ2) is 6.36. The van der Waals surface area contributed by atoms with Gasteiger partial charge < -0.3 is 10.1 Å². The maximum Gasteiger partial charge on any atom is 0.313 e. The van der Waals surface area contributed by atoms with E-state index in [0.717, 1.165) is 12.1 Å². The van der Waals surface area contributed by atoms with Crippen LogP contribution in [0.4, 0.5) is 15.9 Å². The van der Waals surface area contributed by atoms with Gasteiger partial charge in [0.25, 0.3) is 0 Å². The van der Waals surface area contributed by atoms with E-state index in [1.807, 2.05) is 0 Å². The fourth-order valence-electron chi connectivity index (χ4n) is 1.63. The molecule has 0 atom stereocenters. The molecule has 21 heavy (non-hydrogen) atoms. The first-order valence-electron chi connectivity index (χ1n) is 5.91. The highest BCUT2D eigenvalue weighted by Gasteiger charge is 2.17. The lowest BCUT2D eigenvalue weighted by molar-refractivity contribution is -0.386. The number of nitrogens with one attached hydrogen (secondary N) is 1. The van der Waals surface area contributed by atoms with Crippen LogP contribution in [0, 0.1) is 15.9 Å². The summed E-state index contributed by atoms with van der Waals surface area (Å²) in [7, 11) is 1.70. The van der Waals surface area contributed by atoms with E-state index >= 15 is 0 Å². The lowest BCUT2D eigenvalue weighted by atomic mass is 10.3. The highest BCUT2D eigenvalue weighted by atomic mass is 35.5. The number of anilines is 1. The number of rotatable bonds is 5. The van der Waals surface area contributed by atoms with Crippen molar-refractivity contribution in [3.63, 3.8) is 0 Å². The average molecular weight is 312 g/mol. The van der Waals surface area contributed by atoms with Crippen LogP contribution in [0.2, 0.25) is 5.02 Å². The minimum Gasteiger partial charge on any atom is -0.480 e. The molecule has 8 heteroatoms. The number of nitro groups is 1. The lowest BCUT2D eigenvalue weighted by Crippen LogP contribution is -2.03. The topological polar surface area (TPSA) is 77.3 Å². The lowest BCUT2D eigenvalue weighted by Gasteiger charge is -2.09. The second-order valence-electron chi connectivity index (χ2n) is 4.03. The standard InChI is InChI=1S/C13H11ClFN3O3/c1-16-13-5-3-9(14)10(17-13)7-21-12-4-2-8(15)6-11(12)18(19)20/h2-6H,7H2,1H3,(H,16,17). The van der Waals surface area contributed by atoms with Gasteiger partial charge in [-0.15, -0.1) is 0 Å². The number of hydrogen-bond donors (Lipinski definition) is 1. The van der Waals surface area contributed by atoms with Crippen molar-refractivity contribution < 1.29 is 14.1 Å². The molecule has 0 bridgehead atoms. The number of pyridine rings is 1. The number of nitro benzene ring substituents is 1. The summed E-state index contributed by atoms with van der Waals surface area (Å²) in [5.74, 6) is -0.164. The fraction of sp³-hybridized carbons (Fsp3) is 0.154. The van der Waals surface area contributed by atoms with Crippen molar-refractivity contribution in [2.24, 2.45) is 0 Å². The van der Waals surface area contributed by atoms with Gasteiger partial charge in [-0.1, -0.05) is 11.6 Å². The highest BCUT2D eigenvalue weighted by molar-refractivity contribution is 6.31. The molecule has 0 aliphatic rings. The molecular weight excluding hydrogens is 301 g/mol. The molecule has 0 fully saturated rings. The zero-order chi connectivity index (χ0) is 15.4. The molecule has 0 aliphatic carbocycles. The smallest absolute Gasteiger partial charge is 0.313 e. The molecule has 1 heterocycles. The van der Waals surface area contributed by atoms with Crippen molar-refractivity contribution in [1.29, 1.82) is 0 Å². The maximum atomic E-state index is 13.0. The van der Waals surface area contributed by atoms with Crippen molar-refractivity contribution >= 4 is 23.1 Å². The summed E-state index contributed by atoms with van der Waals surface area (Å²) in [6, 6.07) is 6.41. The number of ether oxygens (including phenoxy) is 1. The van der Waals surface area contributed by atoms with E-state index < -0.39 is 16.4 Å². The minimum absolute atomic E-state index is 0.0471. The van der Waals surface area contributed by atoms with E-state index in [4.69, 9.17) is 16.3 Å². The second-order valence-corrected chi connectivity index (χ2v) is 4.44. The third-order valence-corrected chi connectivity index (χ3v) is 3.00. The van der Waals surface area contributed by atoms with E-state index in [1.165, 1.54) is 6.07 Å². The Labute approximate surface area is 124 Å². The third-order valence-electron chi connectivity index (χ3n) is 2.66. The maximum absolute atomic E-state index is 13.0. The van der Waals surface area contributed by atoms with Gasteiger partial charge >= 0.3 is 5.69 Å². The summed E-state index contributed by atoms with van der Waals surface area (Å²) in [4.78, 5) is 14.3. The third kappa shape index (κ3) is 3.57. The van der Waals surface area contributed by atoms with E-state index in [0.29, 0.717) is 16.5 Å². The van der Waals surface area contributed by atoms with Gasteiger partial charge in [-0.2, -0.15) is 0 Å². The summed E-state index contributed by atoms with van der Waals surface area (Å²) < 4.78 is 18.4. The van der Waals surface area contributed by atoms with Crippen LogP contribution < -0.4 is 10.1 Å². The van der Waals surface area contributed by atoms with Crippen molar-refractivity contribution in [3.05, 3.63) is 57.0 Å². The molecule has 0 unspecified atom stereocenters. The van der Waals surface area contributed by atoms with Crippen molar-refractivity contribution in [2.75, 3.05) is 12.4 Å². The van der Waals surface area contributed by atoms with Gasteiger partial charge in [-0.25, -0.2) is 9.37 Å². The van der Waals surface area contributed by atoms with E-state index in [9.17, 15) is 14.5 Å². The van der Waals surface area contributed by atoms with Crippen LogP contribution in [0.25, 0.3) is 0 Å². The van der Waals surface area contributed by atoms with Crippen LogP contribution in [0.1, 0.15) is 5.69 Å². The molecule has 0 aliphatic heterocycles. The summed E-state index contributed by atoms with van der Waals surface area (Å²) in [6.07, 6.45) is 0. The highest BCUT2D eigenvalue weighted by Crippen LogP contribution is 2.28. The molecule has 2 aromatic rings. The zero-order valence-corrected chi connectivity index (χ0v) is 11.7. The normalized spacial score (nSPS) is 10.2. The number of aromatic nitrogens is 1. The number of benzene rings is 1. The first kappa shape index (κ1) is 15.0. The summed E-state index contributed by atoms with van der Waals surface area (Å²) in [5, 5.41) is 14.1. The first-order chi connectivity index (χ1) is 10.0. The molecule has 0 spiro atoms. The molecular formula is C13H11ClFN3O3. The Bertz CT molecular complexity index is 682. The van der Waals surface area contributed by atoms with Crippen molar-refractivity contribution in [1.82, 2.24) is 4.98 Å². The molecule has 0 saturated carbocycles. The Kier molecular flexibility index (Phi) is 4.54. The fourth-order valence-corrected chi connectivity index (χ4v) is 1.79. The van der Waals surface area contributed by atoms with Crippen LogP contribution in [-0.2, 0) is 6.61 Å². The van der Waals surface area contributed by atoms with Crippen LogP contribution in [0.5, 0.6) is 5.75 Å². The van der Waals surface area contributed by atoms with Gasteiger partial charge in [0.1, 0.15) is 18.2 Å². The molecule has 1 aromatic carbocycles. The Morgan fingerprint density at radius 2 is 2.19 bits per heavy atom. The van der Waals surface area contributed by atoms with Gasteiger partial charge in [0.15, 0.2) is 5.75 Å². The van der Waals surface area contributed by atoms with Crippen LogP contribution in [0.3, 0.4) is 0 Å². The monoisotopic (exact) mass is 311 g/mol. The Hall–Kier alpha value is -2.41. The molecule has 110 valence electrons. The van der Waals surface area contributed by atoms with Gasteiger partial charge in [0.05, 0.1) is 21.7 Å². The summed E-state index contributed by atoms with van der Waals surface area (Å²) >= 11 is 5.98. The van der Waals surface area contributed by atoms with E-state index in [-0.39, 0.29) is 12.4 Å². The number of halogens is 2. The van der Waals surface area contributed by atoms with Gasteiger partial charge in [0, 0.05) is 7.05 Å². The number of nitrogens with zero attached hydrogens (tertiary/aromatic N) is 2. The van der Waals surface area contributed by atoms with Gasteiger partial charge in [-0.05, 0) is 24.3 Å². The Balaban J connectivity index is 2.22.